The second-order valence-corrected chi connectivity index (χ2v) is 16.9. The van der Waals surface area contributed by atoms with E-state index in [2.05, 4.69) is 20.9 Å². The Bertz CT molecular complexity index is 2440. The van der Waals surface area contributed by atoms with Gasteiger partial charge in [0.25, 0.3) is 0 Å². The van der Waals surface area contributed by atoms with E-state index in [0.29, 0.717) is 56.8 Å². The number of amides is 3. The zero-order chi connectivity index (χ0) is 46.4. The minimum Gasteiger partial charge on any atom is -0.451 e. The van der Waals surface area contributed by atoms with Crippen LogP contribution in [0.4, 0.5) is 29.7 Å². The molecule has 0 spiro atoms. The summed E-state index contributed by atoms with van der Waals surface area (Å²) in [4.78, 5) is 69.2. The van der Waals surface area contributed by atoms with Crippen molar-refractivity contribution in [3.63, 3.8) is 0 Å². The topological polar surface area (TPSA) is 193 Å². The third-order valence-corrected chi connectivity index (χ3v) is 12.5. The average molecular weight is 912 g/mol. The van der Waals surface area contributed by atoms with Crippen LogP contribution in [-0.2, 0) is 30.5 Å². The molecule has 0 bridgehead atoms. The van der Waals surface area contributed by atoms with Gasteiger partial charge in [0.1, 0.15) is 12.7 Å². The smallest absolute Gasteiger partial charge is 0.451 e. The molecule has 1 aliphatic carbocycles. The maximum atomic E-state index is 13.7. The highest BCUT2D eigenvalue weighted by atomic mass is 19.4. The molecule has 2 aliphatic heterocycles. The zero-order valence-electron chi connectivity index (χ0n) is 36.3. The van der Waals surface area contributed by atoms with Crippen LogP contribution in [0.25, 0.3) is 11.2 Å². The molecule has 3 fully saturated rings. The first-order valence-corrected chi connectivity index (χ1v) is 22.2. The Kier molecular flexibility index (Phi) is 14.0. The van der Waals surface area contributed by atoms with Gasteiger partial charge in [0.15, 0.2) is 23.1 Å². The van der Waals surface area contributed by atoms with Crippen molar-refractivity contribution in [1.29, 1.82) is 0 Å². The molecule has 2 aromatic heterocycles. The highest BCUT2D eigenvalue weighted by molar-refractivity contribution is 5.85. The maximum Gasteiger partial charge on any atom is 0.490 e. The van der Waals surface area contributed by atoms with Crippen LogP contribution in [0.2, 0.25) is 0 Å². The van der Waals surface area contributed by atoms with Crippen LogP contribution < -0.4 is 20.9 Å². The number of hydrogen-bond acceptors (Lipinski definition) is 12. The second kappa shape index (κ2) is 20.2. The van der Waals surface area contributed by atoms with Gasteiger partial charge in [-0.2, -0.15) is 23.1 Å². The number of piperidine rings is 1. The highest BCUT2D eigenvalue weighted by Gasteiger charge is 2.51. The minimum absolute atomic E-state index is 0.00395. The summed E-state index contributed by atoms with van der Waals surface area (Å²) < 4.78 is 52.2. The Morgan fingerprint density at radius 3 is 2.23 bits per heavy atom. The number of aromatic nitrogens is 4. The van der Waals surface area contributed by atoms with Crippen LogP contribution in [0, 0.1) is 5.92 Å². The molecule has 4 N–H and O–H groups in total. The Morgan fingerprint density at radius 2 is 1.56 bits per heavy atom. The molecule has 3 aromatic carbocycles. The Labute approximate surface area is 378 Å². The first-order valence-electron chi connectivity index (χ1n) is 22.2. The normalized spacial score (nSPS) is 22.0. The molecule has 5 aromatic rings. The summed E-state index contributed by atoms with van der Waals surface area (Å²) in [5.74, 6) is -3.10. The molecule has 2 saturated heterocycles. The summed E-state index contributed by atoms with van der Waals surface area (Å²) >= 11 is 0. The quantitative estimate of drug-likeness (QED) is 0.103. The van der Waals surface area contributed by atoms with Gasteiger partial charge >= 0.3 is 18.2 Å². The fourth-order valence-corrected chi connectivity index (χ4v) is 9.02. The van der Waals surface area contributed by atoms with Crippen molar-refractivity contribution in [2.24, 2.45) is 5.92 Å². The van der Waals surface area contributed by atoms with E-state index < -0.39 is 54.4 Å². The lowest BCUT2D eigenvalue weighted by molar-refractivity contribution is -0.209. The number of nitrogens with zero attached hydrogens (tertiary/aromatic N) is 6. The minimum atomic E-state index is -5.33. The van der Waals surface area contributed by atoms with Gasteiger partial charge in [-0.3, -0.25) is 9.59 Å². The summed E-state index contributed by atoms with van der Waals surface area (Å²) in [6, 6.07) is 26.8. The van der Waals surface area contributed by atoms with Gasteiger partial charge in [-0.05, 0) is 42.4 Å². The fourth-order valence-electron chi connectivity index (χ4n) is 9.02. The van der Waals surface area contributed by atoms with Crippen LogP contribution in [0.15, 0.2) is 97.3 Å². The number of hydrogen-bond donors (Lipinski definition) is 4. The summed E-state index contributed by atoms with van der Waals surface area (Å²) in [5, 5.41) is 20.9. The van der Waals surface area contributed by atoms with E-state index in [1.165, 1.54) is 10.9 Å². The van der Waals surface area contributed by atoms with Gasteiger partial charge in [-0.1, -0.05) is 97.9 Å². The molecule has 66 heavy (non-hydrogen) atoms. The van der Waals surface area contributed by atoms with E-state index >= 15 is 0 Å². The number of rotatable bonds is 14. The van der Waals surface area contributed by atoms with Crippen LogP contribution in [0.1, 0.15) is 67.7 Å². The van der Waals surface area contributed by atoms with Crippen LogP contribution in [0.3, 0.4) is 0 Å². The Hall–Kier alpha value is -6.76. The van der Waals surface area contributed by atoms with E-state index in [4.69, 9.17) is 19.4 Å². The standard InChI is InChI=1S/C47H52F3N9O7/c1-2-37(60)54-35-23-36(39(61)40(35)66-44(63)47(48,49)50)59-28-52-38-41(51-24-34(30-15-8-4-9-16-30)31-17-10-5-11-18-31)55-45(56-42(38)59)57-22-20-33(26-57)53-43(62)32-19-12-21-58(25-32)46(64)65-27-29-13-6-3-7-14-29/h3-11,13-18,28,32-36,39-40,61H,2,12,19-27H2,1H3,(H,53,62)(H,54,60)(H,51,55,56)/t32?,33-,35+,36-,39+,40-/m1/s1. The van der Waals surface area contributed by atoms with Crippen molar-refractivity contribution in [2.75, 3.05) is 42.9 Å². The molecule has 1 unspecified atom stereocenters. The molecule has 3 aliphatic rings. The van der Waals surface area contributed by atoms with E-state index in [0.717, 1.165) is 16.7 Å². The summed E-state index contributed by atoms with van der Waals surface area (Å²) in [6.07, 6.45) is -6.11. The fraction of sp³-hybridized carbons (Fsp3) is 0.426. The summed E-state index contributed by atoms with van der Waals surface area (Å²) in [5.41, 5.74) is 3.50. The summed E-state index contributed by atoms with van der Waals surface area (Å²) in [7, 11) is 0. The van der Waals surface area contributed by atoms with E-state index in [-0.39, 0.29) is 55.5 Å². The predicted octanol–water partition coefficient (Wildman–Crippen LogP) is 5.49. The first kappa shape index (κ1) is 45.8. The average Bonchev–Trinajstić information content (AvgIpc) is 4.06. The van der Waals surface area contributed by atoms with Gasteiger partial charge in [-0.15, -0.1) is 0 Å². The van der Waals surface area contributed by atoms with Gasteiger partial charge in [-0.25, -0.2) is 14.6 Å². The molecule has 1 saturated carbocycles. The number of benzene rings is 3. The van der Waals surface area contributed by atoms with Gasteiger partial charge < -0.3 is 44.9 Å². The number of anilines is 2. The number of carbonyl (C=O) groups is 4. The van der Waals surface area contributed by atoms with Gasteiger partial charge in [0, 0.05) is 51.1 Å². The van der Waals surface area contributed by atoms with Crippen molar-refractivity contribution >= 4 is 46.8 Å². The van der Waals surface area contributed by atoms with Crippen LogP contribution in [0.5, 0.6) is 0 Å². The van der Waals surface area contributed by atoms with Crippen LogP contribution >= 0.6 is 0 Å². The largest absolute Gasteiger partial charge is 0.490 e. The Balaban J connectivity index is 1.04. The zero-order valence-corrected chi connectivity index (χ0v) is 36.3. The van der Waals surface area contributed by atoms with Crippen molar-refractivity contribution in [3.05, 3.63) is 114 Å². The third kappa shape index (κ3) is 10.5. The second-order valence-electron chi connectivity index (χ2n) is 16.9. The van der Waals surface area contributed by atoms with Crippen molar-refractivity contribution in [2.45, 2.75) is 88.1 Å². The SMILES string of the molecule is CCC(=O)N[C@H]1C[C@@H](n2cnc3c(NCC(c4ccccc4)c4ccccc4)nc(N4CC[C@@H](NC(=O)C5CCCN(C(=O)OCc6ccccc6)C5)C4)nc32)[C@H](O)[C@@H]1OC(=O)C(F)(F)F. The number of carbonyl (C=O) groups excluding carboxylic acids is 4. The number of aliphatic hydroxyl groups is 1. The summed E-state index contributed by atoms with van der Waals surface area (Å²) in [6.45, 7) is 3.58. The molecule has 8 rings (SSSR count). The maximum absolute atomic E-state index is 13.7. The number of fused-ring (bicyclic) bond motifs is 1. The Morgan fingerprint density at radius 1 is 0.879 bits per heavy atom. The van der Waals surface area contributed by atoms with E-state index in [1.807, 2.05) is 95.9 Å². The molecular formula is C47H52F3N9O7. The number of alkyl halides is 3. The molecule has 4 heterocycles. The lowest BCUT2D eigenvalue weighted by Crippen LogP contribution is -2.48. The highest BCUT2D eigenvalue weighted by Crippen LogP contribution is 2.38. The van der Waals surface area contributed by atoms with Crippen molar-refractivity contribution < 1.29 is 46.9 Å². The van der Waals surface area contributed by atoms with Gasteiger partial charge in [0.05, 0.1) is 24.3 Å². The van der Waals surface area contributed by atoms with Crippen LogP contribution in [-0.4, -0.2) is 117 Å². The third-order valence-electron chi connectivity index (χ3n) is 12.5. The predicted molar refractivity (Wildman–Crippen MR) is 236 cm³/mol. The molecule has 6 atom stereocenters. The number of halogens is 3. The number of imidazole rings is 1. The van der Waals surface area contributed by atoms with Crippen molar-refractivity contribution in [3.8, 4) is 0 Å². The lowest BCUT2D eigenvalue weighted by atomic mass is 9.91. The van der Waals surface area contributed by atoms with E-state index in [9.17, 15) is 37.5 Å². The molecule has 16 nitrogen and oxygen atoms in total. The molecule has 348 valence electrons. The molecular weight excluding hydrogens is 860 g/mol. The monoisotopic (exact) mass is 911 g/mol. The number of esters is 1. The number of likely N-dealkylation sites (tertiary alicyclic amines) is 1. The molecule has 0 radical (unpaired) electrons. The number of ether oxygens (including phenoxy) is 2. The van der Waals surface area contributed by atoms with Gasteiger partial charge in [0.2, 0.25) is 17.8 Å². The lowest BCUT2D eigenvalue weighted by Gasteiger charge is -2.32. The number of aliphatic hydroxyl groups excluding tert-OH is 1. The molecule has 19 heteroatoms. The first-order chi connectivity index (χ1) is 31.9. The van der Waals surface area contributed by atoms with Crippen molar-refractivity contribution in [1.82, 2.24) is 35.1 Å². The number of nitrogens with one attached hydrogen (secondary N) is 3. The van der Waals surface area contributed by atoms with E-state index in [1.54, 1.807) is 11.8 Å². The molecule has 3 amide bonds.